The number of hydrogen-bond acceptors (Lipinski definition) is 3. The van der Waals surface area contributed by atoms with Crippen molar-refractivity contribution in [1.29, 1.82) is 0 Å². The molecule has 5 nitrogen and oxygen atoms in total. The van der Waals surface area contributed by atoms with Gasteiger partial charge in [-0.1, -0.05) is 36.4 Å². The van der Waals surface area contributed by atoms with Gasteiger partial charge < -0.3 is 14.4 Å². The van der Waals surface area contributed by atoms with E-state index in [9.17, 15) is 9.90 Å². The van der Waals surface area contributed by atoms with Crippen LogP contribution in [-0.2, 0) is 10.2 Å². The van der Waals surface area contributed by atoms with Crippen LogP contribution in [0.25, 0.3) is 5.65 Å². The minimum absolute atomic E-state index is 0.0748. The van der Waals surface area contributed by atoms with E-state index in [2.05, 4.69) is 71.1 Å². The molecule has 1 aromatic carbocycles. The number of pyridine rings is 1. The van der Waals surface area contributed by atoms with Crippen molar-refractivity contribution < 1.29 is 9.90 Å². The van der Waals surface area contributed by atoms with E-state index in [-0.39, 0.29) is 23.3 Å². The molecule has 0 spiro atoms. The van der Waals surface area contributed by atoms with E-state index in [4.69, 9.17) is 4.98 Å². The summed E-state index contributed by atoms with van der Waals surface area (Å²) in [5.41, 5.74) is 4.37. The number of carbonyl (C=O) groups excluding carboxylic acids is 1. The maximum absolute atomic E-state index is 13.1. The SMILES string of the molecule is Cc1ccc2nc(C3(c4ccccc4)CCN(C(=O)C4CCC(O)CC4)CC3)cn2c1. The van der Waals surface area contributed by atoms with Crippen LogP contribution in [-0.4, -0.2) is 44.5 Å². The molecular formula is C26H31N3O2. The summed E-state index contributed by atoms with van der Waals surface area (Å²) in [5.74, 6) is 0.352. The van der Waals surface area contributed by atoms with Crippen molar-refractivity contribution >= 4 is 11.6 Å². The Morgan fingerprint density at radius 1 is 1.00 bits per heavy atom. The van der Waals surface area contributed by atoms with Gasteiger partial charge in [-0.2, -0.15) is 0 Å². The van der Waals surface area contributed by atoms with Crippen molar-refractivity contribution in [2.75, 3.05) is 13.1 Å². The first-order valence-electron chi connectivity index (χ1n) is 11.5. The largest absolute Gasteiger partial charge is 0.393 e. The van der Waals surface area contributed by atoms with Crippen LogP contribution in [0.15, 0.2) is 54.9 Å². The molecule has 1 amide bonds. The third kappa shape index (κ3) is 3.76. The van der Waals surface area contributed by atoms with Crippen molar-refractivity contribution in [2.45, 2.75) is 57.0 Å². The van der Waals surface area contributed by atoms with E-state index in [1.54, 1.807) is 0 Å². The standard InChI is InChI=1S/C26H31N3O2/c1-19-7-12-24-27-23(18-29(24)17-19)26(21-5-3-2-4-6-21)13-15-28(16-14-26)25(31)20-8-10-22(30)11-9-20/h2-7,12,17-18,20,22,30H,8-11,13-16H2,1H3. The molecule has 31 heavy (non-hydrogen) atoms. The zero-order valence-corrected chi connectivity index (χ0v) is 18.2. The monoisotopic (exact) mass is 417 g/mol. The van der Waals surface area contributed by atoms with Crippen molar-refractivity contribution in [1.82, 2.24) is 14.3 Å². The molecule has 3 aromatic rings. The number of benzene rings is 1. The van der Waals surface area contributed by atoms with Crippen LogP contribution in [0.2, 0.25) is 0 Å². The Balaban J connectivity index is 1.43. The summed E-state index contributed by atoms with van der Waals surface area (Å²) in [4.78, 5) is 20.2. The summed E-state index contributed by atoms with van der Waals surface area (Å²) < 4.78 is 2.13. The summed E-state index contributed by atoms with van der Waals surface area (Å²) in [5, 5.41) is 9.78. The number of likely N-dealkylation sites (tertiary alicyclic amines) is 1. The Kier molecular flexibility index (Phi) is 5.30. The van der Waals surface area contributed by atoms with Crippen LogP contribution in [0, 0.1) is 12.8 Å². The molecule has 1 saturated carbocycles. The summed E-state index contributed by atoms with van der Waals surface area (Å²) in [7, 11) is 0. The molecule has 0 radical (unpaired) electrons. The number of rotatable bonds is 3. The van der Waals surface area contributed by atoms with Gasteiger partial charge in [0.15, 0.2) is 0 Å². The lowest BCUT2D eigenvalue weighted by molar-refractivity contribution is -0.138. The molecule has 162 valence electrons. The lowest BCUT2D eigenvalue weighted by Crippen LogP contribution is -2.48. The van der Waals surface area contributed by atoms with Crippen LogP contribution in [0.3, 0.4) is 0 Å². The normalized spacial score (nSPS) is 23.7. The Hall–Kier alpha value is -2.66. The van der Waals surface area contributed by atoms with Gasteiger partial charge in [-0.25, -0.2) is 4.98 Å². The van der Waals surface area contributed by atoms with Crippen LogP contribution in [0.1, 0.15) is 55.3 Å². The minimum Gasteiger partial charge on any atom is -0.393 e. The molecule has 0 atom stereocenters. The first kappa shape index (κ1) is 20.3. The summed E-state index contributed by atoms with van der Waals surface area (Å²) >= 11 is 0. The Morgan fingerprint density at radius 3 is 2.42 bits per heavy atom. The van der Waals surface area contributed by atoms with E-state index < -0.39 is 0 Å². The highest BCUT2D eigenvalue weighted by molar-refractivity contribution is 5.79. The summed E-state index contributed by atoms with van der Waals surface area (Å²) in [6.07, 6.45) is 8.95. The molecule has 1 N–H and O–H groups in total. The molecular weight excluding hydrogens is 386 g/mol. The molecule has 1 saturated heterocycles. The minimum atomic E-state index is -0.227. The lowest BCUT2D eigenvalue weighted by atomic mass is 9.70. The van der Waals surface area contributed by atoms with Gasteiger partial charge in [0.05, 0.1) is 11.8 Å². The highest BCUT2D eigenvalue weighted by atomic mass is 16.3. The first-order valence-corrected chi connectivity index (χ1v) is 11.5. The second-order valence-corrected chi connectivity index (χ2v) is 9.38. The fourth-order valence-corrected chi connectivity index (χ4v) is 5.47. The predicted octanol–water partition coefficient (Wildman–Crippen LogP) is 4.10. The average Bonchev–Trinajstić information content (AvgIpc) is 3.23. The third-order valence-electron chi connectivity index (χ3n) is 7.39. The van der Waals surface area contributed by atoms with Crippen LogP contribution in [0.4, 0.5) is 0 Å². The molecule has 0 bridgehead atoms. The van der Waals surface area contributed by atoms with Gasteiger partial charge in [-0.3, -0.25) is 4.79 Å². The number of hydrogen-bond donors (Lipinski definition) is 1. The van der Waals surface area contributed by atoms with Crippen LogP contribution in [0.5, 0.6) is 0 Å². The number of aliphatic hydroxyl groups is 1. The molecule has 3 heterocycles. The summed E-state index contributed by atoms with van der Waals surface area (Å²) in [6.45, 7) is 3.60. The third-order valence-corrected chi connectivity index (χ3v) is 7.39. The van der Waals surface area contributed by atoms with E-state index >= 15 is 0 Å². The lowest BCUT2D eigenvalue weighted by Gasteiger charge is -2.42. The van der Waals surface area contributed by atoms with E-state index in [0.717, 1.165) is 63.0 Å². The van der Waals surface area contributed by atoms with E-state index in [0.29, 0.717) is 0 Å². The number of aromatic nitrogens is 2. The number of imidazole rings is 1. The number of nitrogens with zero attached hydrogens (tertiary/aromatic N) is 3. The first-order chi connectivity index (χ1) is 15.0. The molecule has 2 fully saturated rings. The number of piperidine rings is 1. The van der Waals surface area contributed by atoms with Crippen LogP contribution < -0.4 is 0 Å². The Labute approximate surface area is 183 Å². The molecule has 2 aromatic heterocycles. The Morgan fingerprint density at radius 2 is 1.71 bits per heavy atom. The zero-order valence-electron chi connectivity index (χ0n) is 18.2. The molecule has 0 unspecified atom stereocenters. The Bertz CT molecular complexity index is 1060. The number of aliphatic hydroxyl groups excluding tert-OH is 1. The number of carbonyl (C=O) groups is 1. The fraction of sp³-hybridized carbons (Fsp3) is 0.462. The second kappa shape index (κ2) is 8.12. The fourth-order valence-electron chi connectivity index (χ4n) is 5.47. The highest BCUT2D eigenvalue weighted by Gasteiger charge is 2.42. The van der Waals surface area contributed by atoms with Gasteiger partial charge >= 0.3 is 0 Å². The van der Waals surface area contributed by atoms with Gasteiger partial charge in [0.25, 0.3) is 0 Å². The second-order valence-electron chi connectivity index (χ2n) is 9.38. The maximum atomic E-state index is 13.1. The molecule has 5 rings (SSSR count). The predicted molar refractivity (Wildman–Crippen MR) is 121 cm³/mol. The average molecular weight is 418 g/mol. The quantitative estimate of drug-likeness (QED) is 0.698. The van der Waals surface area contributed by atoms with Crippen LogP contribution >= 0.6 is 0 Å². The molecule has 2 aliphatic rings. The van der Waals surface area contributed by atoms with E-state index in [1.807, 2.05) is 0 Å². The number of fused-ring (bicyclic) bond motifs is 1. The smallest absolute Gasteiger partial charge is 0.225 e. The van der Waals surface area contributed by atoms with Gasteiger partial charge in [0, 0.05) is 36.8 Å². The van der Waals surface area contributed by atoms with Crippen molar-refractivity contribution in [2.24, 2.45) is 5.92 Å². The van der Waals surface area contributed by atoms with E-state index in [1.165, 1.54) is 11.1 Å². The topological polar surface area (TPSA) is 57.8 Å². The number of aryl methyl sites for hydroxylation is 1. The molecule has 1 aliphatic heterocycles. The highest BCUT2D eigenvalue weighted by Crippen LogP contribution is 2.42. The van der Waals surface area contributed by atoms with Gasteiger partial charge in [-0.05, 0) is 62.6 Å². The number of amides is 1. The van der Waals surface area contributed by atoms with Gasteiger partial charge in [0.1, 0.15) is 5.65 Å². The van der Waals surface area contributed by atoms with Crippen molar-refractivity contribution in [3.8, 4) is 0 Å². The van der Waals surface area contributed by atoms with Crippen molar-refractivity contribution in [3.63, 3.8) is 0 Å². The van der Waals surface area contributed by atoms with Gasteiger partial charge in [0.2, 0.25) is 5.91 Å². The maximum Gasteiger partial charge on any atom is 0.225 e. The van der Waals surface area contributed by atoms with Crippen molar-refractivity contribution in [3.05, 3.63) is 71.7 Å². The summed E-state index contributed by atoms with van der Waals surface area (Å²) in [6, 6.07) is 14.8. The molecule has 5 heteroatoms. The van der Waals surface area contributed by atoms with Gasteiger partial charge in [-0.15, -0.1) is 0 Å². The zero-order chi connectivity index (χ0) is 21.4. The molecule has 1 aliphatic carbocycles.